The van der Waals surface area contributed by atoms with E-state index in [9.17, 15) is 4.79 Å². The summed E-state index contributed by atoms with van der Waals surface area (Å²) in [7, 11) is 0. The van der Waals surface area contributed by atoms with Crippen molar-refractivity contribution < 1.29 is 9.53 Å². The third-order valence-electron chi connectivity index (χ3n) is 4.32. The van der Waals surface area contributed by atoms with Gasteiger partial charge in [0.1, 0.15) is 6.33 Å². The Morgan fingerprint density at radius 2 is 2.20 bits per heavy atom. The number of amides is 1. The molecule has 0 saturated carbocycles. The SMILES string of the molecule is O=C(CC1CCOCC1)N1CCC[C@@H]1c1ccncn1. The van der Waals surface area contributed by atoms with Crippen LogP contribution >= 0.6 is 0 Å². The minimum atomic E-state index is 0.144. The molecule has 0 radical (unpaired) electrons. The van der Waals surface area contributed by atoms with Crippen molar-refractivity contribution in [1.82, 2.24) is 14.9 Å². The molecule has 20 heavy (non-hydrogen) atoms. The third kappa shape index (κ3) is 2.98. The van der Waals surface area contributed by atoms with Gasteiger partial charge in [-0.3, -0.25) is 4.79 Å². The normalized spacial score (nSPS) is 24.0. The van der Waals surface area contributed by atoms with Crippen LogP contribution in [-0.2, 0) is 9.53 Å². The molecule has 0 aliphatic carbocycles. The Morgan fingerprint density at radius 1 is 1.35 bits per heavy atom. The van der Waals surface area contributed by atoms with Crippen molar-refractivity contribution in [3.8, 4) is 0 Å². The zero-order valence-corrected chi connectivity index (χ0v) is 11.7. The molecule has 5 heteroatoms. The molecule has 108 valence electrons. The summed E-state index contributed by atoms with van der Waals surface area (Å²) in [5.74, 6) is 0.765. The minimum absolute atomic E-state index is 0.144. The fourth-order valence-electron chi connectivity index (χ4n) is 3.19. The lowest BCUT2D eigenvalue weighted by Crippen LogP contribution is -2.33. The van der Waals surface area contributed by atoms with Crippen LogP contribution in [0.3, 0.4) is 0 Å². The van der Waals surface area contributed by atoms with E-state index in [1.165, 1.54) is 0 Å². The Hall–Kier alpha value is -1.49. The summed E-state index contributed by atoms with van der Waals surface area (Å²) in [5.41, 5.74) is 0.970. The number of rotatable bonds is 3. The Labute approximate surface area is 119 Å². The van der Waals surface area contributed by atoms with Crippen molar-refractivity contribution in [2.75, 3.05) is 19.8 Å². The van der Waals surface area contributed by atoms with Gasteiger partial charge >= 0.3 is 0 Å². The van der Waals surface area contributed by atoms with Crippen LogP contribution in [0.1, 0.15) is 43.8 Å². The van der Waals surface area contributed by atoms with Crippen LogP contribution in [-0.4, -0.2) is 40.5 Å². The van der Waals surface area contributed by atoms with Crippen molar-refractivity contribution in [2.24, 2.45) is 5.92 Å². The zero-order valence-electron chi connectivity index (χ0n) is 11.7. The van der Waals surface area contributed by atoms with Crippen LogP contribution in [0.2, 0.25) is 0 Å². The number of ether oxygens (including phenoxy) is 1. The third-order valence-corrected chi connectivity index (χ3v) is 4.32. The first-order valence-corrected chi connectivity index (χ1v) is 7.47. The van der Waals surface area contributed by atoms with Gasteiger partial charge in [-0.25, -0.2) is 9.97 Å². The van der Waals surface area contributed by atoms with Crippen molar-refractivity contribution in [3.63, 3.8) is 0 Å². The molecule has 5 nitrogen and oxygen atoms in total. The number of nitrogens with zero attached hydrogens (tertiary/aromatic N) is 3. The summed E-state index contributed by atoms with van der Waals surface area (Å²) in [6, 6.07) is 2.07. The van der Waals surface area contributed by atoms with E-state index in [1.807, 2.05) is 11.0 Å². The van der Waals surface area contributed by atoms with Crippen molar-refractivity contribution in [3.05, 3.63) is 24.3 Å². The Balaban J connectivity index is 1.64. The molecular weight excluding hydrogens is 254 g/mol. The van der Waals surface area contributed by atoms with Crippen LogP contribution in [0.15, 0.2) is 18.6 Å². The van der Waals surface area contributed by atoms with Crippen LogP contribution in [0.25, 0.3) is 0 Å². The van der Waals surface area contributed by atoms with Crippen molar-refractivity contribution >= 4 is 5.91 Å². The molecule has 3 heterocycles. The molecule has 1 amide bonds. The molecule has 2 fully saturated rings. The fourth-order valence-corrected chi connectivity index (χ4v) is 3.19. The van der Waals surface area contributed by atoms with Gasteiger partial charge in [0.25, 0.3) is 0 Å². The zero-order chi connectivity index (χ0) is 13.8. The van der Waals surface area contributed by atoms with E-state index in [4.69, 9.17) is 4.74 Å². The molecule has 0 unspecified atom stereocenters. The summed E-state index contributed by atoms with van der Waals surface area (Å²) in [6.45, 7) is 2.46. The van der Waals surface area contributed by atoms with Crippen LogP contribution in [0.4, 0.5) is 0 Å². The van der Waals surface area contributed by atoms with E-state index in [-0.39, 0.29) is 11.9 Å². The van der Waals surface area contributed by atoms with E-state index in [0.29, 0.717) is 12.3 Å². The number of likely N-dealkylation sites (tertiary alicyclic amines) is 1. The molecule has 1 aromatic heterocycles. The molecule has 1 aromatic rings. The molecule has 2 saturated heterocycles. The lowest BCUT2D eigenvalue weighted by Gasteiger charge is -2.28. The average Bonchev–Trinajstić information content (AvgIpc) is 2.99. The molecule has 3 rings (SSSR count). The summed E-state index contributed by atoms with van der Waals surface area (Å²) in [5, 5.41) is 0. The van der Waals surface area contributed by atoms with Gasteiger partial charge in [0, 0.05) is 32.4 Å². The topological polar surface area (TPSA) is 55.3 Å². The molecule has 0 N–H and O–H groups in total. The first kappa shape index (κ1) is 13.5. The van der Waals surface area contributed by atoms with Gasteiger partial charge < -0.3 is 9.64 Å². The van der Waals surface area contributed by atoms with E-state index >= 15 is 0 Å². The quantitative estimate of drug-likeness (QED) is 0.846. The molecule has 0 bridgehead atoms. The molecule has 1 atom stereocenters. The smallest absolute Gasteiger partial charge is 0.223 e. The number of aromatic nitrogens is 2. The molecule has 2 aliphatic rings. The lowest BCUT2D eigenvalue weighted by atomic mass is 9.95. The van der Waals surface area contributed by atoms with Crippen molar-refractivity contribution in [2.45, 2.75) is 38.1 Å². The van der Waals surface area contributed by atoms with Crippen LogP contribution in [0.5, 0.6) is 0 Å². The van der Waals surface area contributed by atoms with Gasteiger partial charge in [-0.15, -0.1) is 0 Å². The summed E-state index contributed by atoms with van der Waals surface area (Å²) in [4.78, 5) is 22.8. The first-order chi connectivity index (χ1) is 9.84. The maximum Gasteiger partial charge on any atom is 0.223 e. The molecule has 0 aromatic carbocycles. The summed E-state index contributed by atoms with van der Waals surface area (Å²) >= 11 is 0. The summed E-state index contributed by atoms with van der Waals surface area (Å²) in [6.07, 6.45) is 8.07. The highest BCUT2D eigenvalue weighted by Gasteiger charge is 2.32. The van der Waals surface area contributed by atoms with Gasteiger partial charge in [-0.2, -0.15) is 0 Å². The number of hydrogen-bond acceptors (Lipinski definition) is 4. The van der Waals surface area contributed by atoms with E-state index < -0.39 is 0 Å². The maximum absolute atomic E-state index is 12.5. The second-order valence-electron chi connectivity index (χ2n) is 5.64. The second-order valence-corrected chi connectivity index (χ2v) is 5.64. The van der Waals surface area contributed by atoms with Gasteiger partial charge in [0.05, 0.1) is 11.7 Å². The van der Waals surface area contributed by atoms with Gasteiger partial charge in [-0.05, 0) is 37.7 Å². The Kier molecular flexibility index (Phi) is 4.25. The lowest BCUT2D eigenvalue weighted by molar-refractivity contribution is -0.133. The predicted molar refractivity (Wildman–Crippen MR) is 73.9 cm³/mol. The maximum atomic E-state index is 12.5. The average molecular weight is 275 g/mol. The van der Waals surface area contributed by atoms with Gasteiger partial charge in [-0.1, -0.05) is 0 Å². The van der Waals surface area contributed by atoms with Crippen LogP contribution in [0, 0.1) is 5.92 Å². The predicted octanol–water partition coefficient (Wildman–Crippen LogP) is 1.96. The first-order valence-electron chi connectivity index (χ1n) is 7.47. The number of carbonyl (C=O) groups is 1. The van der Waals surface area contributed by atoms with Crippen LogP contribution < -0.4 is 0 Å². The van der Waals surface area contributed by atoms with E-state index in [1.54, 1.807) is 12.5 Å². The summed E-state index contributed by atoms with van der Waals surface area (Å²) < 4.78 is 5.36. The Morgan fingerprint density at radius 3 is 2.95 bits per heavy atom. The molecule has 2 aliphatic heterocycles. The highest BCUT2D eigenvalue weighted by Crippen LogP contribution is 2.32. The minimum Gasteiger partial charge on any atom is -0.381 e. The Bertz CT molecular complexity index is 446. The standard InChI is InChI=1S/C15H21N3O2/c19-15(10-12-4-8-20-9-5-12)18-7-1-2-14(18)13-3-6-16-11-17-13/h3,6,11-12,14H,1-2,4-5,7-10H2/t14-/m1/s1. The molecular formula is C15H21N3O2. The number of hydrogen-bond donors (Lipinski definition) is 0. The number of carbonyl (C=O) groups excluding carboxylic acids is 1. The monoisotopic (exact) mass is 275 g/mol. The van der Waals surface area contributed by atoms with E-state index in [2.05, 4.69) is 9.97 Å². The van der Waals surface area contributed by atoms with Gasteiger partial charge in [0.15, 0.2) is 0 Å². The van der Waals surface area contributed by atoms with E-state index in [0.717, 1.165) is 51.1 Å². The fraction of sp³-hybridized carbons (Fsp3) is 0.667. The highest BCUT2D eigenvalue weighted by molar-refractivity contribution is 5.77. The van der Waals surface area contributed by atoms with Gasteiger partial charge in [0.2, 0.25) is 5.91 Å². The van der Waals surface area contributed by atoms with Crippen molar-refractivity contribution in [1.29, 1.82) is 0 Å². The second kappa shape index (κ2) is 6.31. The largest absolute Gasteiger partial charge is 0.381 e. The molecule has 0 spiro atoms. The highest BCUT2D eigenvalue weighted by atomic mass is 16.5.